The molecule has 6 heteroatoms. The van der Waals surface area contributed by atoms with Crippen LogP contribution in [0.15, 0.2) is 64.6 Å². The molecule has 1 atom stereocenters. The lowest BCUT2D eigenvalue weighted by atomic mass is 9.99. The van der Waals surface area contributed by atoms with Crippen LogP contribution in [0.4, 0.5) is 0 Å². The smallest absolute Gasteiger partial charge is 0.259 e. The van der Waals surface area contributed by atoms with Crippen LogP contribution in [0.3, 0.4) is 0 Å². The number of thioether (sulfide) groups is 1. The summed E-state index contributed by atoms with van der Waals surface area (Å²) in [6.45, 7) is 0.598. The molecule has 0 spiro atoms. The second-order valence-electron chi connectivity index (χ2n) is 6.15. The predicted molar refractivity (Wildman–Crippen MR) is 104 cm³/mol. The van der Waals surface area contributed by atoms with E-state index in [1.54, 1.807) is 22.9 Å². The molecule has 0 unspecified atom stereocenters. The molecule has 0 bridgehead atoms. The van der Waals surface area contributed by atoms with Crippen LogP contribution >= 0.6 is 11.8 Å². The summed E-state index contributed by atoms with van der Waals surface area (Å²) < 4.78 is 0. The second kappa shape index (κ2) is 8.67. The van der Waals surface area contributed by atoms with Gasteiger partial charge in [0, 0.05) is 23.8 Å². The molecule has 2 amide bonds. The number of rotatable bonds is 6. The maximum Gasteiger partial charge on any atom is 0.259 e. The summed E-state index contributed by atoms with van der Waals surface area (Å²) >= 11 is 1.67. The van der Waals surface area contributed by atoms with Crippen LogP contribution in [0.5, 0.6) is 0 Å². The summed E-state index contributed by atoms with van der Waals surface area (Å²) in [5.41, 5.74) is 4.53. The number of amides is 2. The summed E-state index contributed by atoms with van der Waals surface area (Å²) in [5.74, 6) is -0.135. The van der Waals surface area contributed by atoms with Crippen molar-refractivity contribution in [2.75, 3.05) is 19.3 Å². The summed E-state index contributed by atoms with van der Waals surface area (Å²) in [5, 5.41) is 3.97. The van der Waals surface area contributed by atoms with E-state index < -0.39 is 0 Å². The number of likely N-dealkylation sites (tertiary alicyclic amines) is 1. The Hall–Kier alpha value is -2.60. The van der Waals surface area contributed by atoms with E-state index in [0.717, 1.165) is 11.1 Å². The largest absolute Gasteiger partial charge is 0.333 e. The van der Waals surface area contributed by atoms with Gasteiger partial charge in [-0.3, -0.25) is 9.59 Å². The fourth-order valence-electron chi connectivity index (χ4n) is 2.95. The van der Waals surface area contributed by atoms with Gasteiger partial charge in [0.15, 0.2) is 0 Å². The first-order valence-electron chi connectivity index (χ1n) is 8.44. The third kappa shape index (κ3) is 4.73. The Kier molecular flexibility index (Phi) is 6.07. The number of carbonyl (C=O) groups excluding carboxylic acids is 2. The molecule has 1 aliphatic rings. The molecule has 1 N–H and O–H groups in total. The number of benzene rings is 2. The van der Waals surface area contributed by atoms with Crippen LogP contribution in [-0.2, 0) is 9.59 Å². The molecule has 0 radical (unpaired) electrons. The van der Waals surface area contributed by atoms with Gasteiger partial charge in [-0.2, -0.15) is 5.10 Å². The molecule has 0 aliphatic carbocycles. The van der Waals surface area contributed by atoms with Gasteiger partial charge < -0.3 is 4.90 Å². The maximum atomic E-state index is 12.2. The van der Waals surface area contributed by atoms with Crippen LogP contribution in [0.25, 0.3) is 0 Å². The Balaban J connectivity index is 1.50. The van der Waals surface area contributed by atoms with Gasteiger partial charge in [0.25, 0.3) is 5.91 Å². The standard InChI is InChI=1S/C20H21N3O2S/c1-26-18-9-7-15(8-10-18)12-21-22-19(24)14-23-13-17(11-20(23)25)16-5-3-2-4-6-16/h2-10,12,17H,11,13-14H2,1H3,(H,22,24)/b21-12-/t17-/m0/s1. The van der Waals surface area contributed by atoms with Crippen LogP contribution in [0.1, 0.15) is 23.5 Å². The average molecular weight is 367 g/mol. The van der Waals surface area contributed by atoms with Crippen molar-refractivity contribution in [1.29, 1.82) is 0 Å². The van der Waals surface area contributed by atoms with E-state index in [1.165, 1.54) is 4.90 Å². The number of hydrogen-bond acceptors (Lipinski definition) is 4. The Labute approximate surface area is 157 Å². The third-order valence-corrected chi connectivity index (χ3v) is 5.08. The van der Waals surface area contributed by atoms with Crippen LogP contribution in [-0.4, -0.2) is 42.3 Å². The van der Waals surface area contributed by atoms with Gasteiger partial charge in [0.1, 0.15) is 6.54 Å². The average Bonchev–Trinajstić information content (AvgIpc) is 3.03. The molecular formula is C20H21N3O2S. The van der Waals surface area contributed by atoms with Gasteiger partial charge in [-0.05, 0) is 29.5 Å². The van der Waals surface area contributed by atoms with Gasteiger partial charge in [0.05, 0.1) is 6.21 Å². The van der Waals surface area contributed by atoms with Crippen molar-refractivity contribution in [3.05, 3.63) is 65.7 Å². The van der Waals surface area contributed by atoms with Crippen molar-refractivity contribution >= 4 is 29.8 Å². The molecule has 2 aromatic rings. The topological polar surface area (TPSA) is 61.8 Å². The Morgan fingerprint density at radius 1 is 1.23 bits per heavy atom. The molecular weight excluding hydrogens is 346 g/mol. The van der Waals surface area contributed by atoms with Crippen LogP contribution in [0.2, 0.25) is 0 Å². The van der Waals surface area contributed by atoms with Crippen molar-refractivity contribution in [2.45, 2.75) is 17.2 Å². The molecule has 1 heterocycles. The maximum absolute atomic E-state index is 12.2. The van der Waals surface area contributed by atoms with E-state index in [4.69, 9.17) is 0 Å². The van der Waals surface area contributed by atoms with Crippen LogP contribution in [0, 0.1) is 0 Å². The summed E-state index contributed by atoms with van der Waals surface area (Å²) in [6, 6.07) is 17.8. The number of carbonyl (C=O) groups is 2. The highest BCUT2D eigenvalue weighted by molar-refractivity contribution is 7.98. The van der Waals surface area contributed by atoms with Crippen LogP contribution < -0.4 is 5.43 Å². The number of nitrogens with zero attached hydrogens (tertiary/aromatic N) is 2. The fourth-order valence-corrected chi connectivity index (χ4v) is 3.36. The van der Waals surface area contributed by atoms with Crippen molar-refractivity contribution in [3.8, 4) is 0 Å². The third-order valence-electron chi connectivity index (χ3n) is 4.34. The molecule has 1 aliphatic heterocycles. The monoisotopic (exact) mass is 367 g/mol. The molecule has 1 saturated heterocycles. The van der Waals surface area contributed by atoms with E-state index in [-0.39, 0.29) is 24.3 Å². The normalized spacial score (nSPS) is 17.0. The molecule has 0 aromatic heterocycles. The van der Waals surface area contributed by atoms with Gasteiger partial charge in [-0.1, -0.05) is 42.5 Å². The first-order chi connectivity index (χ1) is 12.7. The second-order valence-corrected chi connectivity index (χ2v) is 7.03. The molecule has 1 fully saturated rings. The molecule has 134 valence electrons. The van der Waals surface area contributed by atoms with E-state index in [0.29, 0.717) is 13.0 Å². The minimum atomic E-state index is -0.288. The zero-order valence-electron chi connectivity index (χ0n) is 14.6. The van der Waals surface area contributed by atoms with E-state index in [2.05, 4.69) is 10.5 Å². The zero-order chi connectivity index (χ0) is 18.4. The Morgan fingerprint density at radius 2 is 1.96 bits per heavy atom. The van der Waals surface area contributed by atoms with E-state index in [1.807, 2.05) is 60.9 Å². The summed E-state index contributed by atoms with van der Waals surface area (Å²) in [4.78, 5) is 27.0. The van der Waals surface area contributed by atoms with E-state index in [9.17, 15) is 9.59 Å². The van der Waals surface area contributed by atoms with Gasteiger partial charge in [-0.25, -0.2) is 5.43 Å². The van der Waals surface area contributed by atoms with Crippen molar-refractivity contribution in [1.82, 2.24) is 10.3 Å². The minimum Gasteiger partial charge on any atom is -0.333 e. The van der Waals surface area contributed by atoms with E-state index >= 15 is 0 Å². The van der Waals surface area contributed by atoms with Gasteiger partial charge in [-0.15, -0.1) is 11.8 Å². The van der Waals surface area contributed by atoms with Gasteiger partial charge in [0.2, 0.25) is 5.91 Å². The molecule has 2 aromatic carbocycles. The summed E-state index contributed by atoms with van der Waals surface area (Å²) in [7, 11) is 0. The molecule has 5 nitrogen and oxygen atoms in total. The lowest BCUT2D eigenvalue weighted by molar-refractivity contribution is -0.133. The Bertz CT molecular complexity index is 790. The first-order valence-corrected chi connectivity index (χ1v) is 9.67. The highest BCUT2D eigenvalue weighted by Gasteiger charge is 2.31. The van der Waals surface area contributed by atoms with Crippen molar-refractivity contribution in [2.24, 2.45) is 5.10 Å². The lowest BCUT2D eigenvalue weighted by Gasteiger charge is -2.15. The summed E-state index contributed by atoms with van der Waals surface area (Å²) in [6.07, 6.45) is 4.06. The number of hydrazone groups is 1. The quantitative estimate of drug-likeness (QED) is 0.485. The fraction of sp³-hybridized carbons (Fsp3) is 0.250. The lowest BCUT2D eigenvalue weighted by Crippen LogP contribution is -2.36. The molecule has 26 heavy (non-hydrogen) atoms. The highest BCUT2D eigenvalue weighted by atomic mass is 32.2. The molecule has 3 rings (SSSR count). The van der Waals surface area contributed by atoms with Gasteiger partial charge >= 0.3 is 0 Å². The SMILES string of the molecule is CSc1ccc(/C=N\NC(=O)CN2C[C@@H](c3ccccc3)CC2=O)cc1. The predicted octanol–water partition coefficient (Wildman–Crippen LogP) is 2.87. The Morgan fingerprint density at radius 3 is 2.65 bits per heavy atom. The minimum absolute atomic E-state index is 0.00522. The number of hydrogen-bond donors (Lipinski definition) is 1. The number of nitrogens with one attached hydrogen (secondary N) is 1. The highest BCUT2D eigenvalue weighted by Crippen LogP contribution is 2.27. The molecule has 0 saturated carbocycles. The zero-order valence-corrected chi connectivity index (χ0v) is 15.4. The van der Waals surface area contributed by atoms with Crippen molar-refractivity contribution in [3.63, 3.8) is 0 Å². The first kappa shape index (κ1) is 18.2. The van der Waals surface area contributed by atoms with Crippen molar-refractivity contribution < 1.29 is 9.59 Å².